The summed E-state index contributed by atoms with van der Waals surface area (Å²) in [6.45, 7) is 1.86. The molecule has 0 saturated carbocycles. The molecular weight excluding hydrogens is 292 g/mol. The van der Waals surface area contributed by atoms with Gasteiger partial charge in [-0.2, -0.15) is 0 Å². The molecule has 23 heavy (non-hydrogen) atoms. The quantitative estimate of drug-likeness (QED) is 0.908. The predicted molar refractivity (Wildman–Crippen MR) is 86.7 cm³/mol. The summed E-state index contributed by atoms with van der Waals surface area (Å²) in [6, 6.07) is 10.2. The zero-order valence-electron chi connectivity index (χ0n) is 13.5. The summed E-state index contributed by atoms with van der Waals surface area (Å²) in [7, 11) is 1.74. The predicted octanol–water partition coefficient (Wildman–Crippen LogP) is 1.09. The lowest BCUT2D eigenvalue weighted by Gasteiger charge is -2.39. The number of nitrogens with zero attached hydrogens (tertiary/aromatic N) is 2. The van der Waals surface area contributed by atoms with Crippen LogP contribution in [0.15, 0.2) is 30.3 Å². The molecule has 2 aliphatic rings. The van der Waals surface area contributed by atoms with E-state index in [0.717, 1.165) is 6.42 Å². The molecule has 2 amide bonds. The Morgan fingerprint density at radius 2 is 2.00 bits per heavy atom. The van der Waals surface area contributed by atoms with Crippen LogP contribution in [0.25, 0.3) is 0 Å². The minimum Gasteiger partial charge on any atom is -0.396 e. The van der Waals surface area contributed by atoms with Gasteiger partial charge in [-0.1, -0.05) is 30.3 Å². The number of hydrogen-bond donors (Lipinski definition) is 1. The monoisotopic (exact) mass is 316 g/mol. The van der Waals surface area contributed by atoms with Crippen LogP contribution >= 0.6 is 0 Å². The Labute approximate surface area is 136 Å². The first-order chi connectivity index (χ1) is 11.1. The SMILES string of the molecule is CN1CC(C(=O)N2CC[C@H](c3ccccc3)[C@H](CO)C2)CC1=O. The fourth-order valence-corrected chi connectivity index (χ4v) is 3.84. The van der Waals surface area contributed by atoms with Gasteiger partial charge in [0.05, 0.1) is 5.92 Å². The first-order valence-electron chi connectivity index (χ1n) is 8.28. The third kappa shape index (κ3) is 3.24. The molecule has 5 heteroatoms. The van der Waals surface area contributed by atoms with Crippen molar-refractivity contribution in [3.05, 3.63) is 35.9 Å². The molecule has 5 nitrogen and oxygen atoms in total. The molecule has 2 heterocycles. The minimum atomic E-state index is -0.222. The van der Waals surface area contributed by atoms with E-state index in [1.54, 1.807) is 11.9 Å². The Kier molecular flexibility index (Phi) is 4.66. The molecule has 3 rings (SSSR count). The van der Waals surface area contributed by atoms with Crippen LogP contribution in [0.5, 0.6) is 0 Å². The first kappa shape index (κ1) is 16.0. The summed E-state index contributed by atoms with van der Waals surface area (Å²) >= 11 is 0. The largest absolute Gasteiger partial charge is 0.396 e. The molecule has 0 radical (unpaired) electrons. The van der Waals surface area contributed by atoms with E-state index in [0.29, 0.717) is 26.1 Å². The van der Waals surface area contributed by atoms with Gasteiger partial charge in [-0.25, -0.2) is 0 Å². The fourth-order valence-electron chi connectivity index (χ4n) is 3.84. The van der Waals surface area contributed by atoms with E-state index in [1.165, 1.54) is 5.56 Å². The summed E-state index contributed by atoms with van der Waals surface area (Å²) in [5.74, 6) is 0.233. The highest BCUT2D eigenvalue weighted by atomic mass is 16.3. The smallest absolute Gasteiger partial charge is 0.228 e. The fraction of sp³-hybridized carbons (Fsp3) is 0.556. The topological polar surface area (TPSA) is 60.9 Å². The van der Waals surface area contributed by atoms with Crippen LogP contribution in [0.3, 0.4) is 0 Å². The molecule has 1 aromatic carbocycles. The van der Waals surface area contributed by atoms with Gasteiger partial charge in [0.25, 0.3) is 0 Å². The number of benzene rings is 1. The van der Waals surface area contributed by atoms with Crippen LogP contribution in [0, 0.1) is 11.8 Å². The number of carbonyl (C=O) groups is 2. The Morgan fingerprint density at radius 1 is 1.26 bits per heavy atom. The molecule has 3 atom stereocenters. The zero-order chi connectivity index (χ0) is 16.4. The minimum absolute atomic E-state index is 0.0428. The summed E-state index contributed by atoms with van der Waals surface area (Å²) in [6.07, 6.45) is 1.18. The van der Waals surface area contributed by atoms with Crippen molar-refractivity contribution in [3.63, 3.8) is 0 Å². The van der Waals surface area contributed by atoms with Crippen LogP contribution in [0.4, 0.5) is 0 Å². The van der Waals surface area contributed by atoms with Gasteiger partial charge in [-0.15, -0.1) is 0 Å². The molecule has 0 aliphatic carbocycles. The highest BCUT2D eigenvalue weighted by Gasteiger charge is 2.38. The number of aliphatic hydroxyl groups excluding tert-OH is 1. The Bertz CT molecular complexity index is 575. The van der Waals surface area contributed by atoms with Crippen molar-refractivity contribution in [2.24, 2.45) is 11.8 Å². The zero-order valence-corrected chi connectivity index (χ0v) is 13.5. The van der Waals surface area contributed by atoms with Crippen LogP contribution in [0.1, 0.15) is 24.3 Å². The molecule has 1 N–H and O–H groups in total. The Morgan fingerprint density at radius 3 is 2.61 bits per heavy atom. The van der Waals surface area contributed by atoms with Gasteiger partial charge < -0.3 is 14.9 Å². The molecule has 0 spiro atoms. The van der Waals surface area contributed by atoms with Crippen LogP contribution in [-0.2, 0) is 9.59 Å². The highest BCUT2D eigenvalue weighted by Crippen LogP contribution is 2.33. The highest BCUT2D eigenvalue weighted by molar-refractivity contribution is 5.89. The van der Waals surface area contributed by atoms with Gasteiger partial charge in [0.1, 0.15) is 0 Å². The maximum absolute atomic E-state index is 12.7. The number of aliphatic hydroxyl groups is 1. The molecule has 1 unspecified atom stereocenters. The summed E-state index contributed by atoms with van der Waals surface area (Å²) in [5, 5.41) is 9.77. The molecule has 1 aromatic rings. The van der Waals surface area contributed by atoms with Gasteiger partial charge in [0.15, 0.2) is 0 Å². The average Bonchev–Trinajstić information content (AvgIpc) is 2.93. The van der Waals surface area contributed by atoms with Crippen LogP contribution < -0.4 is 0 Å². The van der Waals surface area contributed by atoms with Crippen molar-refractivity contribution in [2.75, 3.05) is 33.3 Å². The van der Waals surface area contributed by atoms with Gasteiger partial charge >= 0.3 is 0 Å². The molecule has 0 bridgehead atoms. The van der Waals surface area contributed by atoms with Crippen molar-refractivity contribution < 1.29 is 14.7 Å². The second-order valence-corrected chi connectivity index (χ2v) is 6.71. The van der Waals surface area contributed by atoms with Crippen molar-refractivity contribution in [1.29, 1.82) is 0 Å². The van der Waals surface area contributed by atoms with E-state index in [9.17, 15) is 14.7 Å². The van der Waals surface area contributed by atoms with Crippen molar-refractivity contribution >= 4 is 11.8 Å². The number of amides is 2. The lowest BCUT2D eigenvalue weighted by molar-refractivity contribution is -0.138. The van der Waals surface area contributed by atoms with Crippen molar-refractivity contribution in [1.82, 2.24) is 9.80 Å². The number of carbonyl (C=O) groups excluding carboxylic acids is 2. The summed E-state index contributed by atoms with van der Waals surface area (Å²) in [5.41, 5.74) is 1.23. The van der Waals surface area contributed by atoms with E-state index in [1.807, 2.05) is 23.1 Å². The third-order valence-electron chi connectivity index (χ3n) is 5.20. The van der Waals surface area contributed by atoms with Crippen LogP contribution in [-0.4, -0.2) is 60.0 Å². The molecular formula is C18H24N2O3. The molecule has 2 fully saturated rings. The number of piperidine rings is 1. The lowest BCUT2D eigenvalue weighted by Crippen LogP contribution is -2.46. The van der Waals surface area contributed by atoms with Gasteiger partial charge in [-0.05, 0) is 17.9 Å². The maximum Gasteiger partial charge on any atom is 0.228 e. The molecule has 124 valence electrons. The first-order valence-corrected chi connectivity index (χ1v) is 8.28. The standard InChI is InChI=1S/C18H24N2O3/c1-19-10-14(9-17(19)22)18(23)20-8-7-16(15(11-20)12-21)13-5-3-2-4-6-13/h2-6,14-16,21H,7-12H2,1H3/t14?,15-,16+/m0/s1. The Hall–Kier alpha value is -1.88. The van der Waals surface area contributed by atoms with Crippen molar-refractivity contribution in [3.8, 4) is 0 Å². The number of hydrogen-bond acceptors (Lipinski definition) is 3. The van der Waals surface area contributed by atoms with Gasteiger partial charge in [0, 0.05) is 45.6 Å². The second-order valence-electron chi connectivity index (χ2n) is 6.71. The summed E-state index contributed by atoms with van der Waals surface area (Å²) in [4.78, 5) is 27.8. The lowest BCUT2D eigenvalue weighted by atomic mass is 9.80. The average molecular weight is 316 g/mol. The second kappa shape index (κ2) is 6.71. The van der Waals surface area contributed by atoms with Crippen LogP contribution in [0.2, 0.25) is 0 Å². The van der Waals surface area contributed by atoms with E-state index in [4.69, 9.17) is 0 Å². The molecule has 2 aliphatic heterocycles. The Balaban J connectivity index is 1.67. The maximum atomic E-state index is 12.7. The van der Waals surface area contributed by atoms with E-state index in [-0.39, 0.29) is 36.2 Å². The normalized spacial score (nSPS) is 28.3. The van der Waals surface area contributed by atoms with E-state index in [2.05, 4.69) is 12.1 Å². The third-order valence-corrected chi connectivity index (χ3v) is 5.20. The van der Waals surface area contributed by atoms with Crippen molar-refractivity contribution in [2.45, 2.75) is 18.8 Å². The van der Waals surface area contributed by atoms with E-state index >= 15 is 0 Å². The molecule has 0 aromatic heterocycles. The summed E-state index contributed by atoms with van der Waals surface area (Å²) < 4.78 is 0. The van der Waals surface area contributed by atoms with Gasteiger partial charge in [-0.3, -0.25) is 9.59 Å². The number of likely N-dealkylation sites (tertiary alicyclic amines) is 2. The van der Waals surface area contributed by atoms with Gasteiger partial charge in [0.2, 0.25) is 11.8 Å². The molecule has 2 saturated heterocycles. The van der Waals surface area contributed by atoms with E-state index < -0.39 is 0 Å². The number of rotatable bonds is 3.